The summed E-state index contributed by atoms with van der Waals surface area (Å²) in [5.41, 5.74) is -0.972. The molecule has 10 heteroatoms. The van der Waals surface area contributed by atoms with Crippen LogP contribution in [0.3, 0.4) is 0 Å². The van der Waals surface area contributed by atoms with E-state index in [4.69, 9.17) is 0 Å². The van der Waals surface area contributed by atoms with Gasteiger partial charge in [0, 0.05) is 5.92 Å². The summed E-state index contributed by atoms with van der Waals surface area (Å²) < 4.78 is 78.7. The van der Waals surface area contributed by atoms with Crippen LogP contribution in [-0.2, 0) is 11.0 Å². The van der Waals surface area contributed by atoms with Crippen molar-refractivity contribution < 1.29 is 31.1 Å². The van der Waals surface area contributed by atoms with Crippen LogP contribution < -0.4 is 0 Å². The van der Waals surface area contributed by atoms with E-state index in [1.165, 1.54) is 6.07 Å². The molecule has 0 aliphatic heterocycles. The Morgan fingerprint density at radius 2 is 1.86 bits per heavy atom. The largest absolute Gasteiger partial charge is 0.416 e. The smallest absolute Gasteiger partial charge is 0.297 e. The molecule has 1 fully saturated rings. The molecule has 1 aromatic carbocycles. The van der Waals surface area contributed by atoms with Gasteiger partial charge in [0.1, 0.15) is 5.01 Å². The summed E-state index contributed by atoms with van der Waals surface area (Å²) >= 11 is 0.847. The van der Waals surface area contributed by atoms with Crippen molar-refractivity contribution in [2.45, 2.75) is 44.0 Å². The predicted octanol–water partition coefficient (Wildman–Crippen LogP) is 5.86. The molecule has 2 aromatic rings. The lowest BCUT2D eigenvalue weighted by Gasteiger charge is -2.32. The maximum Gasteiger partial charge on any atom is 0.416 e. The van der Waals surface area contributed by atoms with Gasteiger partial charge in [0.05, 0.1) is 27.8 Å². The first-order valence-corrected chi connectivity index (χ1v) is 9.31. The molecule has 1 heterocycles. The lowest BCUT2D eigenvalue weighted by molar-refractivity contribution is -0.197. The fraction of sp³-hybridized carbons (Fsp3) is 0.500. The molecule has 28 heavy (non-hydrogen) atoms. The first kappa shape index (κ1) is 20.6. The van der Waals surface area contributed by atoms with Gasteiger partial charge in [0.15, 0.2) is 11.7 Å². The van der Waals surface area contributed by atoms with Crippen molar-refractivity contribution in [1.82, 2.24) is 4.98 Å². The average Bonchev–Trinajstić information content (AvgIpc) is 3.03. The molecular formula is C18H14F6N2OS. The Labute approximate surface area is 160 Å². The molecule has 1 aliphatic carbocycles. The van der Waals surface area contributed by atoms with Crippen LogP contribution in [0.4, 0.5) is 26.3 Å². The molecule has 0 amide bonds. The number of nitriles is 1. The Hall–Kier alpha value is -2.15. The Morgan fingerprint density at radius 3 is 2.46 bits per heavy atom. The number of alkyl halides is 6. The van der Waals surface area contributed by atoms with E-state index in [0.717, 1.165) is 23.5 Å². The monoisotopic (exact) mass is 420 g/mol. The Morgan fingerprint density at radius 1 is 1.18 bits per heavy atom. The number of hydrogen-bond donors (Lipinski definition) is 0. The Balaban J connectivity index is 1.94. The van der Waals surface area contributed by atoms with E-state index in [0.29, 0.717) is 17.5 Å². The molecule has 0 unspecified atom stereocenters. The summed E-state index contributed by atoms with van der Waals surface area (Å²) in [6.07, 6.45) is -8.46. The second-order valence-corrected chi connectivity index (χ2v) is 7.80. The standard InChI is InChI=1S/C18H14F6N2OS/c19-17(20,21)9-5-6-14-13(7-9)26-16(28-14)11(8-25)15(27)10-3-1-2-4-12(10)18(22,23)24/h5-7,10-12H,1-4H2/t10-,11-,12-/m1/s1. The number of aromatic nitrogens is 1. The number of thiazole rings is 1. The van der Waals surface area contributed by atoms with Gasteiger partial charge in [-0.1, -0.05) is 12.8 Å². The molecule has 0 spiro atoms. The van der Waals surface area contributed by atoms with E-state index in [9.17, 15) is 36.4 Å². The van der Waals surface area contributed by atoms with E-state index in [1.807, 2.05) is 0 Å². The second-order valence-electron chi connectivity index (χ2n) is 6.74. The number of benzene rings is 1. The highest BCUT2D eigenvalue weighted by Crippen LogP contribution is 2.44. The first-order valence-electron chi connectivity index (χ1n) is 8.50. The molecule has 0 saturated heterocycles. The number of halogens is 6. The number of carbonyl (C=O) groups excluding carboxylic acids is 1. The number of hydrogen-bond acceptors (Lipinski definition) is 4. The van der Waals surface area contributed by atoms with Crippen molar-refractivity contribution >= 4 is 27.3 Å². The van der Waals surface area contributed by atoms with Crippen molar-refractivity contribution in [1.29, 1.82) is 5.26 Å². The lowest BCUT2D eigenvalue weighted by atomic mass is 9.74. The zero-order chi connectivity index (χ0) is 20.7. The third kappa shape index (κ3) is 3.99. The predicted molar refractivity (Wildman–Crippen MR) is 89.5 cm³/mol. The fourth-order valence-electron chi connectivity index (χ4n) is 3.56. The topological polar surface area (TPSA) is 53.8 Å². The van der Waals surface area contributed by atoms with Gasteiger partial charge in [-0.3, -0.25) is 4.79 Å². The summed E-state index contributed by atoms with van der Waals surface area (Å²) in [5, 5.41) is 9.34. The van der Waals surface area contributed by atoms with Gasteiger partial charge in [-0.05, 0) is 31.0 Å². The molecule has 1 saturated carbocycles. The molecule has 0 radical (unpaired) electrons. The maximum absolute atomic E-state index is 13.3. The number of nitrogens with zero attached hydrogens (tertiary/aromatic N) is 2. The van der Waals surface area contributed by atoms with Gasteiger partial charge in [0.25, 0.3) is 0 Å². The molecule has 0 N–H and O–H groups in total. The Bertz CT molecular complexity index is 927. The number of carbonyl (C=O) groups is 1. The normalized spacial score (nSPS) is 22.0. The number of Topliss-reactive ketones (excluding diaryl/α,β-unsaturated/α-hetero) is 1. The van der Waals surface area contributed by atoms with E-state index >= 15 is 0 Å². The van der Waals surface area contributed by atoms with Crippen LogP contribution in [0.2, 0.25) is 0 Å². The summed E-state index contributed by atoms with van der Waals surface area (Å²) in [4.78, 5) is 16.7. The minimum absolute atomic E-state index is 0.0321. The number of fused-ring (bicyclic) bond motifs is 1. The average molecular weight is 420 g/mol. The maximum atomic E-state index is 13.3. The van der Waals surface area contributed by atoms with Crippen molar-refractivity contribution in [3.63, 3.8) is 0 Å². The molecular weight excluding hydrogens is 406 g/mol. The summed E-state index contributed by atoms with van der Waals surface area (Å²) in [6.45, 7) is 0. The van der Waals surface area contributed by atoms with Crippen LogP contribution in [0.1, 0.15) is 42.2 Å². The highest BCUT2D eigenvalue weighted by atomic mass is 32.1. The van der Waals surface area contributed by atoms with Gasteiger partial charge in [-0.15, -0.1) is 11.3 Å². The quantitative estimate of drug-likeness (QED) is 0.585. The highest BCUT2D eigenvalue weighted by Gasteiger charge is 2.49. The molecule has 3 atom stereocenters. The van der Waals surface area contributed by atoms with Crippen LogP contribution in [-0.4, -0.2) is 16.9 Å². The third-order valence-electron chi connectivity index (χ3n) is 4.94. The van der Waals surface area contributed by atoms with Crippen LogP contribution in [0, 0.1) is 23.2 Å². The summed E-state index contributed by atoms with van der Waals surface area (Å²) in [5.74, 6) is -5.54. The van der Waals surface area contributed by atoms with Gasteiger partial charge in [-0.2, -0.15) is 31.6 Å². The van der Waals surface area contributed by atoms with Crippen molar-refractivity contribution in [2.24, 2.45) is 11.8 Å². The zero-order valence-corrected chi connectivity index (χ0v) is 15.1. The van der Waals surface area contributed by atoms with Crippen LogP contribution >= 0.6 is 11.3 Å². The zero-order valence-electron chi connectivity index (χ0n) is 14.3. The van der Waals surface area contributed by atoms with E-state index in [1.54, 1.807) is 6.07 Å². The van der Waals surface area contributed by atoms with E-state index < -0.39 is 41.5 Å². The number of ketones is 1. The molecule has 1 aromatic heterocycles. The van der Waals surface area contributed by atoms with Gasteiger partial charge in [-0.25, -0.2) is 4.98 Å². The SMILES string of the molecule is N#C[C@H](C(=O)[C@@H]1CCCC[C@H]1C(F)(F)F)c1nc2cc(C(F)(F)F)ccc2s1. The van der Waals surface area contributed by atoms with Crippen molar-refractivity contribution in [3.8, 4) is 6.07 Å². The summed E-state index contributed by atoms with van der Waals surface area (Å²) in [6, 6.07) is 4.53. The molecule has 150 valence electrons. The van der Waals surface area contributed by atoms with Crippen molar-refractivity contribution in [2.75, 3.05) is 0 Å². The molecule has 0 bridgehead atoms. The third-order valence-corrected chi connectivity index (χ3v) is 6.05. The molecule has 3 nitrogen and oxygen atoms in total. The minimum Gasteiger partial charge on any atom is -0.297 e. The lowest BCUT2D eigenvalue weighted by Crippen LogP contribution is -2.39. The van der Waals surface area contributed by atoms with Crippen molar-refractivity contribution in [3.05, 3.63) is 28.8 Å². The van der Waals surface area contributed by atoms with Crippen LogP contribution in [0.25, 0.3) is 10.2 Å². The fourth-order valence-corrected chi connectivity index (χ4v) is 4.56. The van der Waals surface area contributed by atoms with E-state index in [2.05, 4.69) is 4.98 Å². The Kier molecular flexibility index (Phi) is 5.40. The second kappa shape index (κ2) is 7.35. The summed E-state index contributed by atoms with van der Waals surface area (Å²) in [7, 11) is 0. The molecule has 3 rings (SSSR count). The highest BCUT2D eigenvalue weighted by molar-refractivity contribution is 7.18. The molecule has 1 aliphatic rings. The van der Waals surface area contributed by atoms with Gasteiger partial charge >= 0.3 is 12.4 Å². The van der Waals surface area contributed by atoms with Crippen LogP contribution in [0.15, 0.2) is 18.2 Å². The van der Waals surface area contributed by atoms with E-state index in [-0.39, 0.29) is 23.4 Å². The van der Waals surface area contributed by atoms with Gasteiger partial charge in [0.2, 0.25) is 0 Å². The minimum atomic E-state index is -4.58. The number of rotatable bonds is 3. The first-order chi connectivity index (χ1) is 13.0. The van der Waals surface area contributed by atoms with Crippen LogP contribution in [0.5, 0.6) is 0 Å². The van der Waals surface area contributed by atoms with Gasteiger partial charge < -0.3 is 0 Å².